The second-order valence-electron chi connectivity index (χ2n) is 9.66. The van der Waals surface area contributed by atoms with E-state index in [9.17, 15) is 28.0 Å². The van der Waals surface area contributed by atoms with E-state index in [1.54, 1.807) is 6.92 Å². The summed E-state index contributed by atoms with van der Waals surface area (Å²) in [6.07, 6.45) is 0.124. The third kappa shape index (κ3) is 3.95. The molecule has 3 atom stereocenters. The van der Waals surface area contributed by atoms with Gasteiger partial charge in [-0.1, -0.05) is 12.1 Å². The molecule has 2 aliphatic heterocycles. The summed E-state index contributed by atoms with van der Waals surface area (Å²) in [5, 5.41) is 4.68. The average molecular weight is 531 g/mol. The van der Waals surface area contributed by atoms with Gasteiger partial charge in [0, 0.05) is 25.1 Å². The van der Waals surface area contributed by atoms with Crippen molar-refractivity contribution in [1.82, 2.24) is 15.1 Å². The number of hydrogen-bond acceptors (Lipinski definition) is 5. The fourth-order valence-corrected chi connectivity index (χ4v) is 5.64. The Morgan fingerprint density at radius 3 is 2.58 bits per heavy atom. The van der Waals surface area contributed by atoms with Crippen molar-refractivity contribution in [2.24, 2.45) is 0 Å². The summed E-state index contributed by atoms with van der Waals surface area (Å²) < 4.78 is 47.9. The van der Waals surface area contributed by atoms with Crippen molar-refractivity contribution in [3.63, 3.8) is 0 Å². The fourth-order valence-electron chi connectivity index (χ4n) is 5.64. The highest BCUT2D eigenvalue weighted by atomic mass is 19.2. The van der Waals surface area contributed by atoms with Gasteiger partial charge in [-0.2, -0.15) is 0 Å². The van der Waals surface area contributed by atoms with E-state index in [1.165, 1.54) is 30.1 Å². The van der Waals surface area contributed by atoms with Crippen LogP contribution < -0.4 is 10.6 Å². The Labute approximate surface area is 215 Å². The lowest BCUT2D eigenvalue weighted by atomic mass is 9.94. The molecule has 5 amide bonds. The topological polar surface area (TPSA) is 108 Å². The number of halogens is 3. The smallest absolute Gasteiger partial charge is 0.418 e. The highest BCUT2D eigenvalue weighted by molar-refractivity contribution is 6.06. The number of hydrogen-bond donors (Lipinski definition) is 2. The number of carbonyl (C=O) groups excluding carboxylic acids is 4. The number of nitrogens with zero attached hydrogens (tertiary/aromatic N) is 2. The highest BCUT2D eigenvalue weighted by Gasteiger charge is 2.59. The predicted octanol–water partition coefficient (Wildman–Crippen LogP) is 3.73. The highest BCUT2D eigenvalue weighted by Crippen LogP contribution is 2.47. The number of ether oxygens (including phenoxy) is 1. The van der Waals surface area contributed by atoms with Crippen LogP contribution in [0.15, 0.2) is 30.3 Å². The van der Waals surface area contributed by atoms with Crippen LogP contribution in [-0.4, -0.2) is 53.4 Å². The van der Waals surface area contributed by atoms with Crippen LogP contribution >= 0.6 is 0 Å². The van der Waals surface area contributed by atoms with Gasteiger partial charge in [-0.25, -0.2) is 27.7 Å². The van der Waals surface area contributed by atoms with Crippen molar-refractivity contribution in [1.29, 1.82) is 0 Å². The molecular weight excluding hydrogens is 505 g/mol. The maximum atomic E-state index is 15.1. The molecular formula is C26H25F3N4O5. The van der Waals surface area contributed by atoms with Crippen LogP contribution in [0.3, 0.4) is 0 Å². The van der Waals surface area contributed by atoms with E-state index >= 15 is 4.39 Å². The van der Waals surface area contributed by atoms with Crippen LogP contribution in [0, 0.1) is 17.5 Å². The van der Waals surface area contributed by atoms with Crippen LogP contribution in [-0.2, 0) is 26.3 Å². The minimum atomic E-state index is -1.77. The van der Waals surface area contributed by atoms with Gasteiger partial charge in [-0.05, 0) is 55.5 Å². The molecule has 9 nitrogen and oxygen atoms in total. The lowest BCUT2D eigenvalue weighted by molar-refractivity contribution is -0.143. The molecule has 2 aromatic rings. The molecule has 1 unspecified atom stereocenters. The lowest BCUT2D eigenvalue weighted by Crippen LogP contribution is -2.46. The van der Waals surface area contributed by atoms with Crippen LogP contribution in [0.1, 0.15) is 48.9 Å². The summed E-state index contributed by atoms with van der Waals surface area (Å²) >= 11 is 0. The van der Waals surface area contributed by atoms with Crippen molar-refractivity contribution < 1.29 is 37.1 Å². The predicted molar refractivity (Wildman–Crippen MR) is 127 cm³/mol. The minimum absolute atomic E-state index is 0.0183. The van der Waals surface area contributed by atoms with E-state index in [1.807, 2.05) is 0 Å². The maximum absolute atomic E-state index is 15.1. The van der Waals surface area contributed by atoms with Gasteiger partial charge in [0.15, 0.2) is 11.6 Å². The van der Waals surface area contributed by atoms with E-state index < -0.39 is 59.6 Å². The molecule has 2 aromatic carbocycles. The summed E-state index contributed by atoms with van der Waals surface area (Å²) in [7, 11) is 1.38. The minimum Gasteiger partial charge on any atom is -0.427 e. The van der Waals surface area contributed by atoms with Crippen LogP contribution in [0.25, 0.3) is 0 Å². The molecule has 0 saturated carbocycles. The summed E-state index contributed by atoms with van der Waals surface area (Å²) in [6, 6.07) is 4.70. The summed E-state index contributed by atoms with van der Waals surface area (Å²) in [6.45, 7) is 1.18. The molecule has 2 heterocycles. The first-order chi connectivity index (χ1) is 18.1. The molecule has 2 fully saturated rings. The quantitative estimate of drug-likeness (QED) is 0.627. The Hall–Kier alpha value is -4.09. The lowest BCUT2D eigenvalue weighted by Gasteiger charge is -2.30. The van der Waals surface area contributed by atoms with Crippen molar-refractivity contribution in [2.45, 2.75) is 50.3 Å². The van der Waals surface area contributed by atoms with Gasteiger partial charge in [0.25, 0.3) is 5.91 Å². The zero-order valence-electron chi connectivity index (χ0n) is 20.6. The number of rotatable bonds is 4. The third-order valence-corrected chi connectivity index (χ3v) is 7.53. The first-order valence-electron chi connectivity index (χ1n) is 12.2. The Kier molecular flexibility index (Phi) is 6.28. The Bertz CT molecular complexity index is 1370. The van der Waals surface area contributed by atoms with Crippen molar-refractivity contribution >= 4 is 29.6 Å². The van der Waals surface area contributed by atoms with E-state index in [0.717, 1.165) is 12.1 Å². The second kappa shape index (κ2) is 9.34. The second-order valence-corrected chi connectivity index (χ2v) is 9.66. The van der Waals surface area contributed by atoms with Gasteiger partial charge in [0.2, 0.25) is 11.5 Å². The molecule has 0 radical (unpaired) electrons. The van der Waals surface area contributed by atoms with E-state index in [0.29, 0.717) is 23.3 Å². The number of fused-ring (bicyclic) bond motifs is 2. The fraction of sp³-hybridized carbons (Fsp3) is 0.385. The van der Waals surface area contributed by atoms with Gasteiger partial charge in [0.05, 0.1) is 11.7 Å². The summed E-state index contributed by atoms with van der Waals surface area (Å²) in [5.74, 6) is -4.10. The van der Waals surface area contributed by atoms with Gasteiger partial charge in [-0.15, -0.1) is 0 Å². The molecule has 2 saturated heterocycles. The first kappa shape index (κ1) is 25.6. The zero-order valence-corrected chi connectivity index (χ0v) is 20.6. The number of benzene rings is 2. The van der Waals surface area contributed by atoms with E-state index in [2.05, 4.69) is 10.6 Å². The van der Waals surface area contributed by atoms with E-state index in [-0.39, 0.29) is 35.7 Å². The Balaban J connectivity index is 1.38. The molecule has 0 aromatic heterocycles. The Morgan fingerprint density at radius 2 is 1.87 bits per heavy atom. The standard InChI is InChI=1S/C26H25F3N4O5/c1-13-3-8-20(14-4-6-17(27)18(28)11-14)33(13)21(34)12-32-23(35)26(38-25(32)37)10-9-15-16(26)5-7-19(22(15)29)31-24(36)30-2/h4-7,11,13,20H,3,8-10,12H2,1-2H3,(H2,30,31,36)/t13-,20-,26?/m0/s1. The van der Waals surface area contributed by atoms with Gasteiger partial charge < -0.3 is 20.3 Å². The van der Waals surface area contributed by atoms with Crippen LogP contribution in [0.5, 0.6) is 0 Å². The van der Waals surface area contributed by atoms with E-state index in [4.69, 9.17) is 4.74 Å². The maximum Gasteiger partial charge on any atom is 0.418 e. The number of imide groups is 1. The SMILES string of the molecule is CNC(=O)Nc1ccc2c(c1F)CCC21OC(=O)N(CC(=O)N2[C@@H](C)CC[C@H]2c2ccc(F)c(F)c2)C1=O. The molecule has 1 aliphatic carbocycles. The zero-order chi connectivity index (χ0) is 27.4. The summed E-state index contributed by atoms with van der Waals surface area (Å²) in [4.78, 5) is 53.5. The Morgan fingerprint density at radius 1 is 1.11 bits per heavy atom. The van der Waals surface area contributed by atoms with Crippen molar-refractivity contribution in [3.05, 3.63) is 64.5 Å². The van der Waals surface area contributed by atoms with Crippen LogP contribution in [0.4, 0.5) is 28.4 Å². The van der Waals surface area contributed by atoms with Gasteiger partial charge >= 0.3 is 12.1 Å². The molecule has 200 valence electrons. The molecule has 1 spiro atoms. The average Bonchev–Trinajstić information content (AvgIpc) is 3.53. The largest absolute Gasteiger partial charge is 0.427 e. The number of urea groups is 1. The molecule has 3 aliphatic rings. The number of amides is 5. The van der Waals surface area contributed by atoms with Gasteiger partial charge in [0.1, 0.15) is 12.4 Å². The molecule has 38 heavy (non-hydrogen) atoms. The number of nitrogens with one attached hydrogen (secondary N) is 2. The van der Waals surface area contributed by atoms with Crippen LogP contribution in [0.2, 0.25) is 0 Å². The third-order valence-electron chi connectivity index (χ3n) is 7.53. The van der Waals surface area contributed by atoms with Crippen molar-refractivity contribution in [2.75, 3.05) is 18.9 Å². The molecule has 2 N–H and O–H groups in total. The number of anilines is 1. The molecule has 12 heteroatoms. The van der Waals surface area contributed by atoms with Gasteiger partial charge in [-0.3, -0.25) is 9.59 Å². The first-order valence-corrected chi connectivity index (χ1v) is 12.2. The summed E-state index contributed by atoms with van der Waals surface area (Å²) in [5.41, 5.74) is -1.14. The number of likely N-dealkylation sites (tertiary alicyclic amines) is 1. The van der Waals surface area contributed by atoms with Crippen molar-refractivity contribution in [3.8, 4) is 0 Å². The monoisotopic (exact) mass is 530 g/mol. The number of carbonyl (C=O) groups is 4. The normalized spacial score (nSPS) is 24.1. The molecule has 0 bridgehead atoms. The molecule has 5 rings (SSSR count).